The van der Waals surface area contributed by atoms with E-state index >= 15 is 0 Å². The smallest absolute Gasteiger partial charge is 0.231 e. The number of benzene rings is 2. The second-order valence-corrected chi connectivity index (χ2v) is 4.69. The Bertz CT molecular complexity index is 663. The maximum absolute atomic E-state index is 13.2. The fourth-order valence-corrected chi connectivity index (χ4v) is 2.17. The van der Waals surface area contributed by atoms with Crippen molar-refractivity contribution in [1.82, 2.24) is 0 Å². The summed E-state index contributed by atoms with van der Waals surface area (Å²) in [4.78, 5) is 0. The quantitative estimate of drug-likeness (QED) is 0.909. The fourth-order valence-electron chi connectivity index (χ4n) is 1.95. The SMILES string of the molecule is Oc1c(F)cccc1CNc1cc2c(cc1Cl)OCO2. The summed E-state index contributed by atoms with van der Waals surface area (Å²) in [5.74, 6) is 0.174. The van der Waals surface area contributed by atoms with Crippen molar-refractivity contribution in [2.75, 3.05) is 12.1 Å². The van der Waals surface area contributed by atoms with Crippen molar-refractivity contribution in [3.05, 3.63) is 46.7 Å². The number of halogens is 2. The maximum Gasteiger partial charge on any atom is 0.231 e. The third-order valence-corrected chi connectivity index (χ3v) is 3.31. The summed E-state index contributed by atoms with van der Waals surface area (Å²) in [6, 6.07) is 7.73. The number of ether oxygens (including phenoxy) is 2. The van der Waals surface area contributed by atoms with Gasteiger partial charge in [0.25, 0.3) is 0 Å². The zero-order valence-corrected chi connectivity index (χ0v) is 11.1. The van der Waals surface area contributed by atoms with Gasteiger partial charge in [-0.15, -0.1) is 0 Å². The molecule has 0 radical (unpaired) electrons. The Hall–Kier alpha value is -2.14. The van der Waals surface area contributed by atoms with Gasteiger partial charge in [0.05, 0.1) is 10.7 Å². The van der Waals surface area contributed by atoms with Crippen molar-refractivity contribution in [3.8, 4) is 17.2 Å². The predicted molar refractivity (Wildman–Crippen MR) is 73.0 cm³/mol. The van der Waals surface area contributed by atoms with E-state index in [9.17, 15) is 9.50 Å². The van der Waals surface area contributed by atoms with E-state index in [0.717, 1.165) is 0 Å². The highest BCUT2D eigenvalue weighted by Gasteiger charge is 2.16. The molecule has 1 aliphatic heterocycles. The second kappa shape index (κ2) is 5.09. The molecule has 4 nitrogen and oxygen atoms in total. The van der Waals surface area contributed by atoms with E-state index in [4.69, 9.17) is 21.1 Å². The third-order valence-electron chi connectivity index (χ3n) is 3.00. The third kappa shape index (κ3) is 2.32. The molecule has 0 fully saturated rings. The molecular weight excluding hydrogens is 285 g/mol. The summed E-state index contributed by atoms with van der Waals surface area (Å²) in [7, 11) is 0. The zero-order valence-electron chi connectivity index (χ0n) is 10.3. The molecular formula is C14H11ClFNO3. The zero-order chi connectivity index (χ0) is 14.1. The summed E-state index contributed by atoms with van der Waals surface area (Å²) < 4.78 is 23.7. The number of fused-ring (bicyclic) bond motifs is 1. The first-order valence-electron chi connectivity index (χ1n) is 5.94. The van der Waals surface area contributed by atoms with Crippen LogP contribution in [0.4, 0.5) is 10.1 Å². The minimum Gasteiger partial charge on any atom is -0.505 e. The minimum absolute atomic E-state index is 0.166. The van der Waals surface area contributed by atoms with Gasteiger partial charge in [-0.2, -0.15) is 0 Å². The largest absolute Gasteiger partial charge is 0.505 e. The Labute approximate surface area is 119 Å². The number of phenolic OH excluding ortho intramolecular Hbond substituents is 1. The number of para-hydroxylation sites is 1. The van der Waals surface area contributed by atoms with Gasteiger partial charge in [0.15, 0.2) is 23.1 Å². The molecule has 0 atom stereocenters. The van der Waals surface area contributed by atoms with E-state index in [0.29, 0.717) is 27.8 Å². The van der Waals surface area contributed by atoms with E-state index in [1.807, 2.05) is 0 Å². The number of phenols is 1. The number of hydrogen-bond donors (Lipinski definition) is 2. The van der Waals surface area contributed by atoms with E-state index in [-0.39, 0.29) is 19.1 Å². The molecule has 2 N–H and O–H groups in total. The van der Waals surface area contributed by atoms with E-state index in [1.54, 1.807) is 18.2 Å². The van der Waals surface area contributed by atoms with Crippen LogP contribution in [-0.4, -0.2) is 11.9 Å². The lowest BCUT2D eigenvalue weighted by atomic mass is 10.2. The highest BCUT2D eigenvalue weighted by molar-refractivity contribution is 6.33. The van der Waals surface area contributed by atoms with Crippen LogP contribution in [0.3, 0.4) is 0 Å². The molecule has 2 aromatic rings. The first-order chi connectivity index (χ1) is 9.65. The van der Waals surface area contributed by atoms with Crippen LogP contribution in [0.5, 0.6) is 17.2 Å². The van der Waals surface area contributed by atoms with Gasteiger partial charge in [0.1, 0.15) is 0 Å². The molecule has 0 saturated heterocycles. The molecule has 0 aromatic heterocycles. The summed E-state index contributed by atoms with van der Waals surface area (Å²) in [6.07, 6.45) is 0. The number of rotatable bonds is 3. The average Bonchev–Trinajstić information content (AvgIpc) is 2.87. The molecule has 1 aliphatic rings. The minimum atomic E-state index is -0.652. The van der Waals surface area contributed by atoms with Crippen LogP contribution in [0.25, 0.3) is 0 Å². The lowest BCUT2D eigenvalue weighted by Gasteiger charge is -2.11. The van der Waals surface area contributed by atoms with Crippen molar-refractivity contribution < 1.29 is 19.0 Å². The lowest BCUT2D eigenvalue weighted by Crippen LogP contribution is -2.01. The Morgan fingerprint density at radius 1 is 1.25 bits per heavy atom. The van der Waals surface area contributed by atoms with Crippen LogP contribution in [0, 0.1) is 5.82 Å². The highest BCUT2D eigenvalue weighted by Crippen LogP contribution is 2.39. The Morgan fingerprint density at radius 3 is 2.80 bits per heavy atom. The highest BCUT2D eigenvalue weighted by atomic mass is 35.5. The van der Waals surface area contributed by atoms with Crippen molar-refractivity contribution in [3.63, 3.8) is 0 Å². The monoisotopic (exact) mass is 295 g/mol. The van der Waals surface area contributed by atoms with Crippen molar-refractivity contribution in [2.24, 2.45) is 0 Å². The molecule has 0 unspecified atom stereocenters. The van der Waals surface area contributed by atoms with Crippen LogP contribution in [-0.2, 0) is 6.54 Å². The molecule has 0 bridgehead atoms. The van der Waals surface area contributed by atoms with Gasteiger partial charge >= 0.3 is 0 Å². The summed E-state index contributed by atoms with van der Waals surface area (Å²) in [5.41, 5.74) is 1.07. The normalized spacial score (nSPS) is 12.5. The van der Waals surface area contributed by atoms with E-state index in [2.05, 4.69) is 5.32 Å². The lowest BCUT2D eigenvalue weighted by molar-refractivity contribution is 0.174. The molecule has 0 amide bonds. The first-order valence-corrected chi connectivity index (χ1v) is 6.32. The van der Waals surface area contributed by atoms with Crippen LogP contribution >= 0.6 is 11.6 Å². The summed E-state index contributed by atoms with van der Waals surface area (Å²) >= 11 is 6.11. The van der Waals surface area contributed by atoms with Gasteiger partial charge in [-0.25, -0.2) is 4.39 Å². The van der Waals surface area contributed by atoms with Gasteiger partial charge in [0, 0.05) is 24.2 Å². The van der Waals surface area contributed by atoms with Gasteiger partial charge in [0.2, 0.25) is 6.79 Å². The number of nitrogens with one attached hydrogen (secondary N) is 1. The molecule has 1 heterocycles. The van der Waals surface area contributed by atoms with Crippen molar-refractivity contribution >= 4 is 17.3 Å². The van der Waals surface area contributed by atoms with Crippen LogP contribution in [0.1, 0.15) is 5.56 Å². The molecule has 6 heteroatoms. The number of anilines is 1. The Morgan fingerprint density at radius 2 is 2.00 bits per heavy atom. The van der Waals surface area contributed by atoms with Gasteiger partial charge in [-0.3, -0.25) is 0 Å². The van der Waals surface area contributed by atoms with E-state index < -0.39 is 5.82 Å². The van der Waals surface area contributed by atoms with Gasteiger partial charge < -0.3 is 19.9 Å². The molecule has 0 saturated carbocycles. The van der Waals surface area contributed by atoms with Crippen LogP contribution < -0.4 is 14.8 Å². The Kier molecular flexibility index (Phi) is 3.28. The molecule has 0 aliphatic carbocycles. The van der Waals surface area contributed by atoms with Gasteiger partial charge in [-0.1, -0.05) is 23.7 Å². The fraction of sp³-hybridized carbons (Fsp3) is 0.143. The standard InChI is InChI=1S/C14H11ClFNO3/c15-9-4-12-13(20-7-19-12)5-11(9)17-6-8-2-1-3-10(16)14(8)18/h1-5,17-18H,6-7H2. The number of aromatic hydroxyl groups is 1. The molecule has 2 aromatic carbocycles. The van der Waals surface area contributed by atoms with E-state index in [1.165, 1.54) is 12.1 Å². The maximum atomic E-state index is 13.2. The number of hydrogen-bond acceptors (Lipinski definition) is 4. The molecule has 0 spiro atoms. The topological polar surface area (TPSA) is 50.7 Å². The van der Waals surface area contributed by atoms with Crippen molar-refractivity contribution in [2.45, 2.75) is 6.54 Å². The van der Waals surface area contributed by atoms with Crippen LogP contribution in [0.15, 0.2) is 30.3 Å². The van der Waals surface area contributed by atoms with Crippen molar-refractivity contribution in [1.29, 1.82) is 0 Å². The van der Waals surface area contributed by atoms with Crippen LogP contribution in [0.2, 0.25) is 5.02 Å². The summed E-state index contributed by atoms with van der Waals surface area (Å²) in [5, 5.41) is 13.1. The first kappa shape index (κ1) is 12.9. The molecule has 3 rings (SSSR count). The predicted octanol–water partition coefficient (Wildman–Crippen LogP) is 3.53. The molecule has 20 heavy (non-hydrogen) atoms. The average molecular weight is 296 g/mol. The molecule has 104 valence electrons. The van der Waals surface area contributed by atoms with Gasteiger partial charge in [-0.05, 0) is 6.07 Å². The Balaban J connectivity index is 1.80. The second-order valence-electron chi connectivity index (χ2n) is 4.29. The summed E-state index contributed by atoms with van der Waals surface area (Å²) in [6.45, 7) is 0.406.